The van der Waals surface area contributed by atoms with Crippen molar-refractivity contribution in [3.05, 3.63) is 47.7 Å². The Morgan fingerprint density at radius 3 is 2.54 bits per heavy atom. The van der Waals surface area contributed by atoms with Crippen molar-refractivity contribution in [1.82, 2.24) is 15.1 Å². The number of aromatic nitrogens is 2. The zero-order valence-corrected chi connectivity index (χ0v) is 14.2. The highest BCUT2D eigenvalue weighted by molar-refractivity contribution is 6.02. The van der Waals surface area contributed by atoms with Crippen LogP contribution in [0.4, 0.5) is 11.5 Å². The van der Waals surface area contributed by atoms with Crippen molar-refractivity contribution in [2.24, 2.45) is 0 Å². The predicted molar refractivity (Wildman–Crippen MR) is 95.5 cm³/mol. The minimum Gasteiger partial charge on any atom is -0.353 e. The van der Waals surface area contributed by atoms with Crippen molar-refractivity contribution in [2.45, 2.75) is 13.8 Å². The van der Waals surface area contributed by atoms with Gasteiger partial charge < -0.3 is 15.1 Å². The lowest BCUT2D eigenvalue weighted by Gasteiger charge is -2.34. The van der Waals surface area contributed by atoms with Gasteiger partial charge in [-0.1, -0.05) is 19.1 Å². The lowest BCUT2D eigenvalue weighted by molar-refractivity contribution is 0.102. The van der Waals surface area contributed by atoms with Crippen molar-refractivity contribution < 1.29 is 4.79 Å². The summed E-state index contributed by atoms with van der Waals surface area (Å²) in [6.07, 6.45) is 0. The van der Waals surface area contributed by atoms with E-state index in [-0.39, 0.29) is 5.91 Å². The highest BCUT2D eigenvalue weighted by Gasteiger charge is 2.17. The van der Waals surface area contributed by atoms with Crippen LogP contribution in [-0.2, 0) is 0 Å². The summed E-state index contributed by atoms with van der Waals surface area (Å²) >= 11 is 0. The maximum absolute atomic E-state index is 12.3. The van der Waals surface area contributed by atoms with Gasteiger partial charge in [0.25, 0.3) is 5.91 Å². The van der Waals surface area contributed by atoms with Gasteiger partial charge in [0.15, 0.2) is 11.5 Å². The first kappa shape index (κ1) is 16.4. The Morgan fingerprint density at radius 2 is 1.92 bits per heavy atom. The molecule has 0 spiro atoms. The zero-order valence-electron chi connectivity index (χ0n) is 14.2. The van der Waals surface area contributed by atoms with Crippen LogP contribution in [0.25, 0.3) is 0 Å². The molecular weight excluding hydrogens is 302 g/mol. The fourth-order valence-corrected chi connectivity index (χ4v) is 2.83. The molecule has 1 N–H and O–H groups in total. The van der Waals surface area contributed by atoms with Gasteiger partial charge in [0.2, 0.25) is 0 Å². The Labute approximate surface area is 142 Å². The largest absolute Gasteiger partial charge is 0.353 e. The number of hydrogen-bond donors (Lipinski definition) is 1. The third kappa shape index (κ3) is 3.89. The standard InChI is InChI=1S/C18H23N5O/c1-3-22-9-11-23(12-10-22)17-8-7-16(20-21-17)18(24)19-15-6-4-5-14(2)13-15/h4-8,13H,3,9-12H2,1-2H3,(H,19,24). The number of carbonyl (C=O) groups excluding carboxylic acids is 1. The molecule has 0 unspecified atom stereocenters. The van der Waals surface area contributed by atoms with Crippen LogP contribution in [0.5, 0.6) is 0 Å². The van der Waals surface area contributed by atoms with Crippen LogP contribution in [0, 0.1) is 6.92 Å². The van der Waals surface area contributed by atoms with Crippen molar-refractivity contribution in [1.29, 1.82) is 0 Å². The monoisotopic (exact) mass is 325 g/mol. The summed E-state index contributed by atoms with van der Waals surface area (Å²) in [6, 6.07) is 11.3. The molecule has 1 fully saturated rings. The van der Waals surface area contributed by atoms with E-state index < -0.39 is 0 Å². The minimum absolute atomic E-state index is 0.240. The first-order valence-corrected chi connectivity index (χ1v) is 8.35. The van der Waals surface area contributed by atoms with Gasteiger partial charge in [0.05, 0.1) is 0 Å². The molecule has 2 aromatic rings. The van der Waals surface area contributed by atoms with Gasteiger partial charge >= 0.3 is 0 Å². The number of rotatable bonds is 4. The van der Waals surface area contributed by atoms with Crippen LogP contribution in [0.15, 0.2) is 36.4 Å². The van der Waals surface area contributed by atoms with Crippen LogP contribution < -0.4 is 10.2 Å². The second kappa shape index (κ2) is 7.40. The van der Waals surface area contributed by atoms with Gasteiger partial charge in [-0.2, -0.15) is 0 Å². The SMILES string of the molecule is CCN1CCN(c2ccc(C(=O)Nc3cccc(C)c3)nn2)CC1. The van der Waals surface area contributed by atoms with E-state index in [1.165, 1.54) is 0 Å². The van der Waals surface area contributed by atoms with E-state index in [9.17, 15) is 4.79 Å². The molecule has 0 atom stereocenters. The fourth-order valence-electron chi connectivity index (χ4n) is 2.83. The zero-order chi connectivity index (χ0) is 16.9. The molecule has 3 rings (SSSR count). The summed E-state index contributed by atoms with van der Waals surface area (Å²) in [7, 11) is 0. The third-order valence-electron chi connectivity index (χ3n) is 4.30. The number of aryl methyl sites for hydroxylation is 1. The number of piperazine rings is 1. The Bertz CT molecular complexity index is 693. The first-order chi connectivity index (χ1) is 11.7. The van der Waals surface area contributed by atoms with Crippen molar-refractivity contribution in [3.63, 3.8) is 0 Å². The maximum Gasteiger partial charge on any atom is 0.276 e. The van der Waals surface area contributed by atoms with Crippen LogP contribution in [0.2, 0.25) is 0 Å². The number of benzene rings is 1. The smallest absolute Gasteiger partial charge is 0.276 e. The number of nitrogens with one attached hydrogen (secondary N) is 1. The lowest BCUT2D eigenvalue weighted by Crippen LogP contribution is -2.46. The molecule has 0 radical (unpaired) electrons. The molecule has 126 valence electrons. The van der Waals surface area contributed by atoms with E-state index in [1.54, 1.807) is 6.07 Å². The van der Waals surface area contributed by atoms with Crippen LogP contribution in [-0.4, -0.2) is 53.7 Å². The Balaban J connectivity index is 1.63. The van der Waals surface area contributed by atoms with Crippen molar-refractivity contribution in [3.8, 4) is 0 Å². The molecule has 6 heteroatoms. The van der Waals surface area contributed by atoms with E-state index in [1.807, 2.05) is 37.3 Å². The van der Waals surface area contributed by atoms with Gasteiger partial charge in [0.1, 0.15) is 0 Å². The van der Waals surface area contributed by atoms with Gasteiger partial charge in [-0.3, -0.25) is 4.79 Å². The minimum atomic E-state index is -0.240. The second-order valence-electron chi connectivity index (χ2n) is 6.02. The molecule has 1 aliphatic rings. The number of anilines is 2. The lowest BCUT2D eigenvalue weighted by atomic mass is 10.2. The Morgan fingerprint density at radius 1 is 1.12 bits per heavy atom. The van der Waals surface area contributed by atoms with E-state index in [2.05, 4.69) is 32.2 Å². The number of hydrogen-bond acceptors (Lipinski definition) is 5. The number of carbonyl (C=O) groups is 1. The molecule has 0 aliphatic carbocycles. The molecule has 24 heavy (non-hydrogen) atoms. The number of nitrogens with zero attached hydrogens (tertiary/aromatic N) is 4. The molecule has 6 nitrogen and oxygen atoms in total. The van der Waals surface area contributed by atoms with Crippen LogP contribution in [0.1, 0.15) is 23.0 Å². The summed E-state index contributed by atoms with van der Waals surface area (Å²) in [5.41, 5.74) is 2.19. The van der Waals surface area contributed by atoms with E-state index >= 15 is 0 Å². The summed E-state index contributed by atoms with van der Waals surface area (Å²) in [4.78, 5) is 16.9. The maximum atomic E-state index is 12.3. The predicted octanol–water partition coefficient (Wildman–Crippen LogP) is 2.18. The first-order valence-electron chi connectivity index (χ1n) is 8.35. The normalized spacial score (nSPS) is 15.3. The van der Waals surface area contributed by atoms with Crippen molar-refractivity contribution in [2.75, 3.05) is 42.9 Å². The van der Waals surface area contributed by atoms with E-state index in [0.29, 0.717) is 5.69 Å². The molecule has 1 aromatic carbocycles. The van der Waals surface area contributed by atoms with Gasteiger partial charge in [-0.15, -0.1) is 10.2 Å². The number of amides is 1. The van der Waals surface area contributed by atoms with E-state index in [4.69, 9.17) is 0 Å². The van der Waals surface area contributed by atoms with Crippen LogP contribution in [0.3, 0.4) is 0 Å². The molecule has 1 saturated heterocycles. The summed E-state index contributed by atoms with van der Waals surface area (Å²) in [5.74, 6) is 0.591. The molecule has 0 saturated carbocycles. The Kier molecular flexibility index (Phi) is 5.05. The molecule has 1 amide bonds. The highest BCUT2D eigenvalue weighted by Crippen LogP contribution is 2.14. The summed E-state index contributed by atoms with van der Waals surface area (Å²) in [6.45, 7) is 9.20. The van der Waals surface area contributed by atoms with E-state index in [0.717, 1.165) is 49.8 Å². The Hall–Kier alpha value is -2.47. The van der Waals surface area contributed by atoms with Gasteiger partial charge in [-0.25, -0.2) is 0 Å². The quantitative estimate of drug-likeness (QED) is 0.933. The number of likely N-dealkylation sites (N-methyl/N-ethyl adjacent to an activating group) is 1. The third-order valence-corrected chi connectivity index (χ3v) is 4.30. The average Bonchev–Trinajstić information content (AvgIpc) is 2.62. The highest BCUT2D eigenvalue weighted by atomic mass is 16.1. The average molecular weight is 325 g/mol. The van der Waals surface area contributed by atoms with Crippen molar-refractivity contribution >= 4 is 17.4 Å². The molecular formula is C18H23N5O. The van der Waals surface area contributed by atoms with Crippen LogP contribution >= 0.6 is 0 Å². The topological polar surface area (TPSA) is 61.4 Å². The molecule has 0 bridgehead atoms. The summed E-state index contributed by atoms with van der Waals surface area (Å²) < 4.78 is 0. The van der Waals surface area contributed by atoms with Gasteiger partial charge in [-0.05, 0) is 43.3 Å². The summed E-state index contributed by atoms with van der Waals surface area (Å²) in [5, 5.41) is 11.2. The molecule has 1 aliphatic heterocycles. The fraction of sp³-hybridized carbons (Fsp3) is 0.389. The van der Waals surface area contributed by atoms with Gasteiger partial charge in [0, 0.05) is 31.9 Å². The molecule has 2 heterocycles. The second-order valence-corrected chi connectivity index (χ2v) is 6.02. The molecule has 1 aromatic heterocycles.